The lowest BCUT2D eigenvalue weighted by Crippen LogP contribution is -2.48. The Kier molecular flexibility index (Phi) is 4.35. The van der Waals surface area contributed by atoms with E-state index in [9.17, 15) is 0 Å². The highest BCUT2D eigenvalue weighted by Gasteiger charge is 2.17. The molecule has 0 amide bonds. The number of rotatable bonds is 4. The molecule has 1 heterocycles. The number of amidine groups is 1. The second-order valence-electron chi connectivity index (χ2n) is 4.09. The van der Waals surface area contributed by atoms with Crippen molar-refractivity contribution < 1.29 is 0 Å². The summed E-state index contributed by atoms with van der Waals surface area (Å²) in [6.07, 6.45) is 0. The van der Waals surface area contributed by atoms with Crippen molar-refractivity contribution in [3.05, 3.63) is 0 Å². The summed E-state index contributed by atoms with van der Waals surface area (Å²) in [5.74, 6) is 0.506. The zero-order valence-electron chi connectivity index (χ0n) is 9.29. The molecule has 1 atom stereocenters. The molecule has 0 saturated carbocycles. The number of nitrogens with two attached hydrogens (primary N) is 1. The van der Waals surface area contributed by atoms with Gasteiger partial charge in [-0.25, -0.2) is 0 Å². The van der Waals surface area contributed by atoms with E-state index in [4.69, 9.17) is 11.1 Å². The van der Waals surface area contributed by atoms with Crippen molar-refractivity contribution in [2.45, 2.75) is 13.8 Å². The van der Waals surface area contributed by atoms with Crippen LogP contribution in [0.25, 0.3) is 0 Å². The van der Waals surface area contributed by atoms with Gasteiger partial charge in [-0.2, -0.15) is 0 Å². The van der Waals surface area contributed by atoms with E-state index in [2.05, 4.69) is 16.7 Å². The summed E-state index contributed by atoms with van der Waals surface area (Å²) in [6.45, 7) is 10.9. The first-order chi connectivity index (χ1) is 6.63. The number of piperazine rings is 1. The lowest BCUT2D eigenvalue weighted by Gasteiger charge is -2.35. The van der Waals surface area contributed by atoms with Crippen LogP contribution >= 0.6 is 0 Å². The quantitative estimate of drug-likeness (QED) is 0.501. The Morgan fingerprint density at radius 1 is 1.29 bits per heavy atom. The minimum atomic E-state index is 0.197. The van der Waals surface area contributed by atoms with Crippen molar-refractivity contribution in [3.8, 4) is 0 Å². The first-order valence-corrected chi connectivity index (χ1v) is 5.42. The van der Waals surface area contributed by atoms with Gasteiger partial charge in [0.25, 0.3) is 0 Å². The van der Waals surface area contributed by atoms with Crippen LogP contribution in [0.1, 0.15) is 13.8 Å². The fraction of sp³-hybridized carbons (Fsp3) is 0.900. The summed E-state index contributed by atoms with van der Waals surface area (Å²) in [7, 11) is 0. The van der Waals surface area contributed by atoms with E-state index < -0.39 is 0 Å². The van der Waals surface area contributed by atoms with Gasteiger partial charge in [-0.15, -0.1) is 0 Å². The molecule has 1 aliphatic rings. The summed E-state index contributed by atoms with van der Waals surface area (Å²) in [6, 6.07) is 0. The molecule has 4 heteroatoms. The van der Waals surface area contributed by atoms with E-state index in [0.717, 1.165) is 39.3 Å². The maximum atomic E-state index is 7.34. The predicted octanol–water partition coefficient (Wildman–Crippen LogP) is 0.196. The Balaban J connectivity index is 2.25. The summed E-state index contributed by atoms with van der Waals surface area (Å²) >= 11 is 0. The Hall–Kier alpha value is -0.610. The fourth-order valence-electron chi connectivity index (χ4n) is 1.77. The van der Waals surface area contributed by atoms with Crippen LogP contribution in [0.3, 0.4) is 0 Å². The predicted molar refractivity (Wildman–Crippen MR) is 59.6 cm³/mol. The topological polar surface area (TPSA) is 56.4 Å². The molecule has 0 aliphatic carbocycles. The summed E-state index contributed by atoms with van der Waals surface area (Å²) in [5.41, 5.74) is 5.45. The van der Waals surface area contributed by atoms with Crippen LogP contribution in [0.15, 0.2) is 0 Å². The van der Waals surface area contributed by atoms with Gasteiger partial charge >= 0.3 is 0 Å². The largest absolute Gasteiger partial charge is 0.387 e. The van der Waals surface area contributed by atoms with Crippen LogP contribution in [0.2, 0.25) is 0 Å². The highest BCUT2D eigenvalue weighted by molar-refractivity contribution is 5.79. The molecule has 0 aromatic carbocycles. The number of hydrogen-bond acceptors (Lipinski definition) is 3. The Bertz CT molecular complexity index is 185. The second-order valence-corrected chi connectivity index (χ2v) is 4.09. The molecule has 1 fully saturated rings. The highest BCUT2D eigenvalue weighted by Crippen LogP contribution is 2.04. The summed E-state index contributed by atoms with van der Waals surface area (Å²) in [4.78, 5) is 4.85. The van der Waals surface area contributed by atoms with Crippen molar-refractivity contribution in [2.75, 3.05) is 39.3 Å². The number of hydrogen-bond donors (Lipinski definition) is 2. The van der Waals surface area contributed by atoms with Crippen LogP contribution in [0.5, 0.6) is 0 Å². The maximum absolute atomic E-state index is 7.34. The molecule has 1 unspecified atom stereocenters. The third kappa shape index (κ3) is 3.27. The fourth-order valence-corrected chi connectivity index (χ4v) is 1.77. The zero-order chi connectivity index (χ0) is 10.6. The molecule has 14 heavy (non-hydrogen) atoms. The average Bonchev–Trinajstić information content (AvgIpc) is 2.19. The van der Waals surface area contributed by atoms with Crippen molar-refractivity contribution in [3.63, 3.8) is 0 Å². The van der Waals surface area contributed by atoms with Gasteiger partial charge < -0.3 is 15.5 Å². The van der Waals surface area contributed by atoms with Crippen LogP contribution in [0.4, 0.5) is 0 Å². The standard InChI is InChI=1S/C10H22N4/c1-3-13-4-6-14(7-5-13)8-9(2)10(11)12/h9H,3-8H2,1-2H3,(H3,11,12). The smallest absolute Gasteiger partial charge is 0.0947 e. The second kappa shape index (κ2) is 5.32. The molecule has 3 N–H and O–H groups in total. The molecule has 1 saturated heterocycles. The van der Waals surface area contributed by atoms with Gasteiger partial charge in [0.05, 0.1) is 5.84 Å². The third-order valence-electron chi connectivity index (χ3n) is 2.98. The SMILES string of the molecule is CCN1CCN(CC(C)C(=N)N)CC1. The number of nitrogens with one attached hydrogen (secondary N) is 1. The normalized spacial score (nSPS) is 22.1. The molecule has 0 bridgehead atoms. The van der Waals surface area contributed by atoms with E-state index in [1.54, 1.807) is 0 Å². The molecule has 0 aromatic heterocycles. The lowest BCUT2D eigenvalue weighted by atomic mass is 10.1. The molecular weight excluding hydrogens is 176 g/mol. The first-order valence-electron chi connectivity index (χ1n) is 5.42. The lowest BCUT2D eigenvalue weighted by molar-refractivity contribution is 0.131. The van der Waals surface area contributed by atoms with E-state index in [1.165, 1.54) is 0 Å². The zero-order valence-corrected chi connectivity index (χ0v) is 9.29. The van der Waals surface area contributed by atoms with Gasteiger partial charge in [0.1, 0.15) is 0 Å². The van der Waals surface area contributed by atoms with Gasteiger partial charge in [-0.1, -0.05) is 13.8 Å². The third-order valence-corrected chi connectivity index (χ3v) is 2.98. The Morgan fingerprint density at radius 2 is 1.79 bits per heavy atom. The van der Waals surface area contributed by atoms with E-state index >= 15 is 0 Å². The maximum Gasteiger partial charge on any atom is 0.0947 e. The minimum absolute atomic E-state index is 0.197. The monoisotopic (exact) mass is 198 g/mol. The molecule has 4 nitrogen and oxygen atoms in total. The van der Waals surface area contributed by atoms with Gasteiger partial charge in [-0.3, -0.25) is 5.41 Å². The van der Waals surface area contributed by atoms with Crippen LogP contribution in [-0.2, 0) is 0 Å². The van der Waals surface area contributed by atoms with E-state index in [-0.39, 0.29) is 5.92 Å². The van der Waals surface area contributed by atoms with Crippen molar-refractivity contribution >= 4 is 5.84 Å². The number of likely N-dealkylation sites (N-methyl/N-ethyl adjacent to an activating group) is 1. The summed E-state index contributed by atoms with van der Waals surface area (Å²) in [5, 5.41) is 7.34. The molecule has 1 rings (SSSR count). The molecule has 0 aromatic rings. The van der Waals surface area contributed by atoms with Crippen LogP contribution < -0.4 is 5.73 Å². The number of nitrogens with zero attached hydrogens (tertiary/aromatic N) is 2. The van der Waals surface area contributed by atoms with Crippen molar-refractivity contribution in [1.82, 2.24) is 9.80 Å². The first kappa shape index (κ1) is 11.5. The Morgan fingerprint density at radius 3 is 2.21 bits per heavy atom. The molecule has 0 radical (unpaired) electrons. The van der Waals surface area contributed by atoms with Gasteiger partial charge in [-0.05, 0) is 6.54 Å². The van der Waals surface area contributed by atoms with Gasteiger partial charge in [0.15, 0.2) is 0 Å². The molecule has 0 spiro atoms. The van der Waals surface area contributed by atoms with Crippen LogP contribution in [0, 0.1) is 11.3 Å². The van der Waals surface area contributed by atoms with Gasteiger partial charge in [0.2, 0.25) is 0 Å². The van der Waals surface area contributed by atoms with Crippen molar-refractivity contribution in [2.24, 2.45) is 11.7 Å². The summed E-state index contributed by atoms with van der Waals surface area (Å²) < 4.78 is 0. The van der Waals surface area contributed by atoms with Gasteiger partial charge in [0, 0.05) is 38.6 Å². The average molecular weight is 198 g/mol. The minimum Gasteiger partial charge on any atom is -0.387 e. The molecule has 82 valence electrons. The van der Waals surface area contributed by atoms with E-state index in [0.29, 0.717) is 5.84 Å². The molecule has 1 aliphatic heterocycles. The van der Waals surface area contributed by atoms with Crippen LogP contribution in [-0.4, -0.2) is 54.9 Å². The Labute approximate surface area is 86.6 Å². The van der Waals surface area contributed by atoms with E-state index in [1.807, 2.05) is 6.92 Å². The highest BCUT2D eigenvalue weighted by atomic mass is 15.3. The molecular formula is C10H22N4. The van der Waals surface area contributed by atoms with Crippen molar-refractivity contribution in [1.29, 1.82) is 5.41 Å².